The number of carbonyl (C=O) groups is 2. The standard InChI is InChI=1S/C18H25NO4/c1-3-17(4-2,14-8-6-5-7-9-14)15(20)19-12-10-18(23,11-13-19)16(21)22/h5-9,23H,3-4,10-13H2,1-2H3,(H,21,22). The second-order valence-electron chi connectivity index (χ2n) is 6.28. The van der Waals surface area contributed by atoms with E-state index in [4.69, 9.17) is 5.11 Å². The summed E-state index contributed by atoms with van der Waals surface area (Å²) in [7, 11) is 0. The van der Waals surface area contributed by atoms with Crippen LogP contribution in [0.4, 0.5) is 0 Å². The molecule has 0 bridgehead atoms. The van der Waals surface area contributed by atoms with Crippen molar-refractivity contribution >= 4 is 11.9 Å². The molecule has 1 aromatic rings. The van der Waals surface area contributed by atoms with Gasteiger partial charge in [-0.25, -0.2) is 4.79 Å². The average Bonchev–Trinajstić information content (AvgIpc) is 2.58. The quantitative estimate of drug-likeness (QED) is 0.872. The smallest absolute Gasteiger partial charge is 0.335 e. The zero-order valence-corrected chi connectivity index (χ0v) is 13.8. The van der Waals surface area contributed by atoms with Crippen molar-refractivity contribution in [1.82, 2.24) is 4.90 Å². The van der Waals surface area contributed by atoms with Crippen molar-refractivity contribution in [2.75, 3.05) is 13.1 Å². The predicted molar refractivity (Wildman–Crippen MR) is 87.1 cm³/mol. The number of benzene rings is 1. The Labute approximate surface area is 136 Å². The normalized spacial score (nSPS) is 17.8. The summed E-state index contributed by atoms with van der Waals surface area (Å²) in [5.41, 5.74) is -1.29. The molecule has 0 atom stereocenters. The molecule has 2 rings (SSSR count). The molecule has 0 radical (unpaired) electrons. The number of carbonyl (C=O) groups excluding carboxylic acids is 1. The van der Waals surface area contributed by atoms with Gasteiger partial charge in [-0.3, -0.25) is 4.79 Å². The minimum Gasteiger partial charge on any atom is -0.479 e. The Balaban J connectivity index is 2.22. The van der Waals surface area contributed by atoms with E-state index in [-0.39, 0.29) is 31.8 Å². The first-order valence-corrected chi connectivity index (χ1v) is 8.20. The minimum atomic E-state index is -1.70. The molecule has 1 heterocycles. The summed E-state index contributed by atoms with van der Waals surface area (Å²) < 4.78 is 0. The zero-order valence-electron chi connectivity index (χ0n) is 13.8. The molecule has 1 amide bonds. The minimum absolute atomic E-state index is 0.0288. The molecule has 23 heavy (non-hydrogen) atoms. The second kappa shape index (κ2) is 6.71. The second-order valence-corrected chi connectivity index (χ2v) is 6.28. The summed E-state index contributed by atoms with van der Waals surface area (Å²) >= 11 is 0. The lowest BCUT2D eigenvalue weighted by molar-refractivity contribution is -0.166. The maximum Gasteiger partial charge on any atom is 0.335 e. The van der Waals surface area contributed by atoms with Crippen LogP contribution >= 0.6 is 0 Å². The van der Waals surface area contributed by atoms with Crippen molar-refractivity contribution in [1.29, 1.82) is 0 Å². The van der Waals surface area contributed by atoms with Gasteiger partial charge in [0.1, 0.15) is 0 Å². The molecule has 1 aromatic carbocycles. The number of rotatable bonds is 5. The van der Waals surface area contributed by atoms with Crippen LogP contribution in [-0.4, -0.2) is 45.7 Å². The number of aliphatic hydroxyl groups is 1. The number of piperidine rings is 1. The predicted octanol–water partition coefficient (Wildman–Crippen LogP) is 2.18. The van der Waals surface area contributed by atoms with E-state index >= 15 is 0 Å². The fraction of sp³-hybridized carbons (Fsp3) is 0.556. The van der Waals surface area contributed by atoms with Crippen molar-refractivity contribution in [3.8, 4) is 0 Å². The van der Waals surface area contributed by atoms with Gasteiger partial charge in [-0.15, -0.1) is 0 Å². The first kappa shape index (κ1) is 17.5. The zero-order chi connectivity index (χ0) is 17.1. The molecule has 1 aliphatic heterocycles. The topological polar surface area (TPSA) is 77.8 Å². The molecule has 0 aromatic heterocycles. The monoisotopic (exact) mass is 319 g/mol. The average molecular weight is 319 g/mol. The van der Waals surface area contributed by atoms with Crippen molar-refractivity contribution in [2.45, 2.75) is 50.5 Å². The van der Waals surface area contributed by atoms with Crippen molar-refractivity contribution < 1.29 is 19.8 Å². The summed E-state index contributed by atoms with van der Waals surface area (Å²) in [6.07, 6.45) is 1.52. The van der Waals surface area contributed by atoms with Gasteiger partial charge in [0.05, 0.1) is 5.41 Å². The van der Waals surface area contributed by atoms with E-state index in [1.165, 1.54) is 0 Å². The molecule has 0 saturated carbocycles. The van der Waals surface area contributed by atoms with Crippen molar-refractivity contribution in [3.63, 3.8) is 0 Å². The third kappa shape index (κ3) is 3.11. The first-order valence-electron chi connectivity index (χ1n) is 8.20. The number of likely N-dealkylation sites (tertiary alicyclic amines) is 1. The highest BCUT2D eigenvalue weighted by molar-refractivity contribution is 5.88. The SMILES string of the molecule is CCC(CC)(C(=O)N1CCC(O)(C(=O)O)CC1)c1ccccc1. The Bertz CT molecular complexity index is 558. The molecule has 0 aliphatic carbocycles. The van der Waals surface area contributed by atoms with Gasteiger partial charge in [-0.05, 0) is 18.4 Å². The molecule has 1 fully saturated rings. The van der Waals surface area contributed by atoms with Crippen LogP contribution in [0.25, 0.3) is 0 Å². The molecule has 5 nitrogen and oxygen atoms in total. The lowest BCUT2D eigenvalue weighted by Gasteiger charge is -2.41. The molecule has 1 saturated heterocycles. The molecule has 2 N–H and O–H groups in total. The summed E-state index contributed by atoms with van der Waals surface area (Å²) in [4.78, 5) is 26.0. The van der Waals surface area contributed by atoms with E-state index in [2.05, 4.69) is 0 Å². The van der Waals surface area contributed by atoms with Gasteiger partial charge < -0.3 is 15.1 Å². The number of nitrogens with zero attached hydrogens (tertiary/aromatic N) is 1. The summed E-state index contributed by atoms with van der Waals surface area (Å²) in [5.74, 6) is -1.17. The highest BCUT2D eigenvalue weighted by Gasteiger charge is 2.45. The highest BCUT2D eigenvalue weighted by atomic mass is 16.4. The van der Waals surface area contributed by atoms with Gasteiger partial charge in [-0.1, -0.05) is 44.2 Å². The number of hydrogen-bond donors (Lipinski definition) is 2. The van der Waals surface area contributed by atoms with Crippen LogP contribution in [0.3, 0.4) is 0 Å². The summed E-state index contributed by atoms with van der Waals surface area (Å²) in [5, 5.41) is 19.1. The van der Waals surface area contributed by atoms with Crippen LogP contribution in [0.5, 0.6) is 0 Å². The number of aliphatic carboxylic acids is 1. The highest BCUT2D eigenvalue weighted by Crippen LogP contribution is 2.35. The molecule has 0 spiro atoms. The van der Waals surface area contributed by atoms with E-state index in [0.29, 0.717) is 12.8 Å². The number of carboxylic acid groups (broad SMARTS) is 1. The number of amides is 1. The van der Waals surface area contributed by atoms with Crippen LogP contribution in [-0.2, 0) is 15.0 Å². The largest absolute Gasteiger partial charge is 0.479 e. The van der Waals surface area contributed by atoms with Gasteiger partial charge >= 0.3 is 5.97 Å². The first-order chi connectivity index (χ1) is 10.9. The summed E-state index contributed by atoms with van der Waals surface area (Å²) in [6, 6.07) is 9.74. The Morgan fingerprint density at radius 3 is 2.09 bits per heavy atom. The van der Waals surface area contributed by atoms with Gasteiger partial charge in [0.15, 0.2) is 5.60 Å². The van der Waals surface area contributed by atoms with Crippen LogP contribution in [0.15, 0.2) is 30.3 Å². The Morgan fingerprint density at radius 2 is 1.65 bits per heavy atom. The molecular formula is C18H25NO4. The van der Waals surface area contributed by atoms with E-state index < -0.39 is 17.0 Å². The number of carboxylic acids is 1. The van der Waals surface area contributed by atoms with E-state index in [1.807, 2.05) is 44.2 Å². The van der Waals surface area contributed by atoms with E-state index in [9.17, 15) is 14.7 Å². The molecule has 126 valence electrons. The fourth-order valence-electron chi connectivity index (χ4n) is 3.44. The van der Waals surface area contributed by atoms with Crippen LogP contribution in [0.2, 0.25) is 0 Å². The van der Waals surface area contributed by atoms with Gasteiger partial charge in [0.2, 0.25) is 5.91 Å². The molecule has 1 aliphatic rings. The van der Waals surface area contributed by atoms with Crippen molar-refractivity contribution in [3.05, 3.63) is 35.9 Å². The third-order valence-corrected chi connectivity index (χ3v) is 5.22. The van der Waals surface area contributed by atoms with E-state index in [0.717, 1.165) is 5.56 Å². The Kier molecular flexibility index (Phi) is 5.09. The Hall–Kier alpha value is -1.88. The van der Waals surface area contributed by atoms with Crippen LogP contribution in [0, 0.1) is 0 Å². The van der Waals surface area contributed by atoms with Gasteiger partial charge in [0.25, 0.3) is 0 Å². The number of hydrogen-bond acceptors (Lipinski definition) is 3. The van der Waals surface area contributed by atoms with Crippen LogP contribution in [0.1, 0.15) is 45.1 Å². The summed E-state index contributed by atoms with van der Waals surface area (Å²) in [6.45, 7) is 4.56. The third-order valence-electron chi connectivity index (χ3n) is 5.22. The fourth-order valence-corrected chi connectivity index (χ4v) is 3.44. The lowest BCUT2D eigenvalue weighted by atomic mass is 9.74. The van der Waals surface area contributed by atoms with Crippen LogP contribution < -0.4 is 0 Å². The lowest BCUT2D eigenvalue weighted by Crippen LogP contribution is -2.55. The molecule has 0 unspecified atom stereocenters. The van der Waals surface area contributed by atoms with Gasteiger partial charge in [-0.2, -0.15) is 0 Å². The maximum absolute atomic E-state index is 13.2. The Morgan fingerprint density at radius 1 is 1.13 bits per heavy atom. The van der Waals surface area contributed by atoms with Gasteiger partial charge in [0, 0.05) is 25.9 Å². The van der Waals surface area contributed by atoms with Crippen molar-refractivity contribution in [2.24, 2.45) is 0 Å². The van der Waals surface area contributed by atoms with E-state index in [1.54, 1.807) is 4.90 Å². The molecular weight excluding hydrogens is 294 g/mol. The maximum atomic E-state index is 13.2. The molecule has 5 heteroatoms.